The van der Waals surface area contributed by atoms with E-state index in [1.54, 1.807) is 6.07 Å². The molecule has 7 aromatic carbocycles. The summed E-state index contributed by atoms with van der Waals surface area (Å²) in [4.78, 5) is 10.3. The maximum absolute atomic E-state index is 11.3. The monoisotopic (exact) mass is 959 g/mol. The number of rotatable bonds is 8. The predicted molar refractivity (Wildman–Crippen MR) is 236 cm³/mol. The number of phenols is 1. The number of nitrogens with zero attached hydrogens (tertiary/aromatic N) is 5. The van der Waals surface area contributed by atoms with Gasteiger partial charge in [-0.25, -0.2) is 4.98 Å². The number of phenolic OH excluding ortho intramolecular Hbond substituents is 1. The van der Waals surface area contributed by atoms with Gasteiger partial charge < -0.3 is 14.5 Å². The fraction of sp³-hybridized carbons (Fsp3) is 0.113. The second-order valence-corrected chi connectivity index (χ2v) is 15.7. The average molecular weight is 960 g/mol. The molecule has 0 aliphatic heterocycles. The van der Waals surface area contributed by atoms with Crippen LogP contribution in [-0.4, -0.2) is 14.5 Å². The van der Waals surface area contributed by atoms with E-state index in [2.05, 4.69) is 175 Å². The molecule has 3 aromatic heterocycles. The van der Waals surface area contributed by atoms with E-state index in [4.69, 9.17) is 9.97 Å². The van der Waals surface area contributed by atoms with E-state index in [1.807, 2.05) is 36.5 Å². The molecule has 3 heterocycles. The smallest absolute Gasteiger partial charge is 0.268 e. The SMILES string of the molecule is CC(C)c1cccc(C(C)C)c1-[n+]1c(-c2ccccc2O)[n-]c2c(-c3[c-]c4c(cc3)ncc3c[n+](-c5c(-c6ccccc6)cccc5-c5ccccc5)[c-]n34)cccc21.[Pt]. The van der Waals surface area contributed by atoms with Crippen LogP contribution >= 0.6 is 0 Å². The van der Waals surface area contributed by atoms with Gasteiger partial charge in [0.25, 0.3) is 6.33 Å². The first kappa shape index (κ1) is 38.9. The number of para-hydroxylation sites is 4. The molecular weight excluding hydrogens is 918 g/mol. The number of aromatic nitrogens is 5. The van der Waals surface area contributed by atoms with Crippen molar-refractivity contribution in [1.29, 1.82) is 0 Å². The van der Waals surface area contributed by atoms with Crippen LogP contribution in [0.15, 0.2) is 164 Å². The van der Waals surface area contributed by atoms with E-state index >= 15 is 0 Å². The number of imidazole rings is 2. The first-order valence-electron chi connectivity index (χ1n) is 20.2. The van der Waals surface area contributed by atoms with Crippen molar-refractivity contribution in [1.82, 2.24) is 14.4 Å². The van der Waals surface area contributed by atoms with Gasteiger partial charge in [0.2, 0.25) is 0 Å². The van der Waals surface area contributed by atoms with Crippen molar-refractivity contribution >= 4 is 27.6 Å². The molecule has 10 rings (SSSR count). The van der Waals surface area contributed by atoms with Crippen molar-refractivity contribution in [3.63, 3.8) is 0 Å². The summed E-state index contributed by atoms with van der Waals surface area (Å²) in [5.41, 5.74) is 15.8. The summed E-state index contributed by atoms with van der Waals surface area (Å²) in [5, 5.41) is 11.3. The van der Waals surface area contributed by atoms with Crippen molar-refractivity contribution in [3.05, 3.63) is 188 Å². The normalized spacial score (nSPS) is 11.6. The summed E-state index contributed by atoms with van der Waals surface area (Å²) in [6.45, 7) is 8.93. The third-order valence-corrected chi connectivity index (χ3v) is 11.3. The van der Waals surface area contributed by atoms with Gasteiger partial charge in [-0.2, -0.15) is 0 Å². The molecule has 0 spiro atoms. The average Bonchev–Trinajstić information content (AvgIpc) is 3.89. The van der Waals surface area contributed by atoms with Gasteiger partial charge in [0, 0.05) is 39.0 Å². The molecule has 0 aliphatic carbocycles. The van der Waals surface area contributed by atoms with Crippen molar-refractivity contribution < 1.29 is 35.3 Å². The van der Waals surface area contributed by atoms with Crippen molar-refractivity contribution in [2.75, 3.05) is 0 Å². The molecule has 0 saturated carbocycles. The first-order chi connectivity index (χ1) is 28.9. The molecule has 0 radical (unpaired) electrons. The zero-order chi connectivity index (χ0) is 40.2. The molecular formula is C53H42N5OPt-. The Morgan fingerprint density at radius 2 is 1.20 bits per heavy atom. The molecule has 0 unspecified atom stereocenters. The van der Waals surface area contributed by atoms with Crippen molar-refractivity contribution in [2.24, 2.45) is 0 Å². The Balaban J connectivity index is 0.00000462. The summed E-state index contributed by atoms with van der Waals surface area (Å²) in [6.07, 6.45) is 7.70. The molecule has 0 saturated heterocycles. The number of hydrogen-bond acceptors (Lipinski definition) is 2. The third-order valence-electron chi connectivity index (χ3n) is 11.3. The Labute approximate surface area is 364 Å². The summed E-state index contributed by atoms with van der Waals surface area (Å²) >= 11 is 0. The predicted octanol–water partition coefficient (Wildman–Crippen LogP) is 11.4. The minimum Gasteiger partial charge on any atom is -0.507 e. The van der Waals surface area contributed by atoms with E-state index in [1.165, 1.54) is 11.1 Å². The first-order valence-corrected chi connectivity index (χ1v) is 20.2. The quantitative estimate of drug-likeness (QED) is 0.122. The van der Waals surface area contributed by atoms with Crippen LogP contribution in [0.4, 0.5) is 0 Å². The molecule has 10 aromatic rings. The van der Waals surface area contributed by atoms with E-state index in [-0.39, 0.29) is 38.7 Å². The fourth-order valence-electron chi connectivity index (χ4n) is 8.47. The largest absolute Gasteiger partial charge is 0.507 e. The summed E-state index contributed by atoms with van der Waals surface area (Å²) in [7, 11) is 0. The van der Waals surface area contributed by atoms with E-state index in [9.17, 15) is 5.11 Å². The number of benzene rings is 7. The summed E-state index contributed by atoms with van der Waals surface area (Å²) in [5.74, 6) is 1.39. The van der Waals surface area contributed by atoms with E-state index in [0.717, 1.165) is 72.3 Å². The van der Waals surface area contributed by atoms with Gasteiger partial charge in [-0.15, -0.1) is 23.8 Å². The van der Waals surface area contributed by atoms with Gasteiger partial charge in [-0.1, -0.05) is 155 Å². The Hall–Kier alpha value is -6.62. The fourth-order valence-corrected chi connectivity index (χ4v) is 8.47. The van der Waals surface area contributed by atoms with Gasteiger partial charge in [0.05, 0.1) is 33.5 Å². The van der Waals surface area contributed by atoms with Gasteiger partial charge in [0.15, 0.2) is 0 Å². The molecule has 60 heavy (non-hydrogen) atoms. The Morgan fingerprint density at radius 3 is 1.85 bits per heavy atom. The van der Waals surface area contributed by atoms with Crippen LogP contribution in [0.5, 0.6) is 5.75 Å². The van der Waals surface area contributed by atoms with Gasteiger partial charge in [0.1, 0.15) is 11.6 Å². The van der Waals surface area contributed by atoms with Crippen molar-refractivity contribution in [2.45, 2.75) is 39.5 Å². The van der Waals surface area contributed by atoms with Crippen LogP contribution in [0.3, 0.4) is 0 Å². The van der Waals surface area contributed by atoms with Crippen LogP contribution in [0, 0.1) is 12.4 Å². The Morgan fingerprint density at radius 1 is 0.617 bits per heavy atom. The standard InChI is InChI=1S/C53H42N5O.Pt/c1-34(2)40-21-13-22-41(35(3)4)52(40)58-47-26-15-23-42(50(47)55-53(58)45-20-11-12-27-49(45)59)38-28-29-46-48(30-38)57-33-56(32-39(57)31-54-46)51-43(36-16-7-5-8-17-36)24-14-25-44(51)37-18-9-6-10-19-37;/h5-29,31-32,34-35H,1-4H3,(H,55,59);/q-1;. The number of fused-ring (bicyclic) bond motifs is 4. The topological polar surface area (TPSA) is 59.4 Å². The minimum absolute atomic E-state index is 0. The molecule has 6 nitrogen and oxygen atoms in total. The molecule has 1 N–H and O–H groups in total. The third kappa shape index (κ3) is 6.62. The van der Waals surface area contributed by atoms with E-state index in [0.29, 0.717) is 11.4 Å². The molecule has 0 bridgehead atoms. The maximum atomic E-state index is 11.3. The zero-order valence-corrected chi connectivity index (χ0v) is 36.0. The number of hydrogen-bond donors (Lipinski definition) is 1. The second kappa shape index (κ2) is 15.9. The Bertz CT molecular complexity index is 3100. The molecule has 0 atom stereocenters. The maximum Gasteiger partial charge on any atom is 0.268 e. The van der Waals surface area contributed by atoms with Gasteiger partial charge in [-0.05, 0) is 68.9 Å². The van der Waals surface area contributed by atoms with E-state index < -0.39 is 0 Å². The second-order valence-electron chi connectivity index (χ2n) is 15.7. The van der Waals surface area contributed by atoms with Crippen LogP contribution in [0.2, 0.25) is 0 Å². The van der Waals surface area contributed by atoms with Crippen LogP contribution in [-0.2, 0) is 21.1 Å². The van der Waals surface area contributed by atoms with Crippen LogP contribution < -0.4 is 14.1 Å². The molecule has 296 valence electrons. The van der Waals surface area contributed by atoms with Gasteiger partial charge >= 0.3 is 0 Å². The van der Waals surface area contributed by atoms with Crippen LogP contribution in [0.1, 0.15) is 50.7 Å². The zero-order valence-electron chi connectivity index (χ0n) is 33.7. The molecule has 7 heteroatoms. The summed E-state index contributed by atoms with van der Waals surface area (Å²) in [6, 6.07) is 55.8. The molecule has 0 amide bonds. The van der Waals surface area contributed by atoms with Gasteiger partial charge in [-0.3, -0.25) is 9.13 Å². The van der Waals surface area contributed by atoms with Crippen molar-refractivity contribution in [3.8, 4) is 61.9 Å². The molecule has 0 fully saturated rings. The summed E-state index contributed by atoms with van der Waals surface area (Å²) < 4.78 is 6.42. The Kier molecular flexibility index (Phi) is 10.3. The minimum atomic E-state index is 0. The van der Waals surface area contributed by atoms with Crippen LogP contribution in [0.25, 0.3) is 83.7 Å². The molecule has 0 aliphatic rings. The number of aromatic hydroxyl groups is 1.